The molecule has 0 spiro atoms. The molecule has 1 N–H and O–H groups in total. The van der Waals surface area contributed by atoms with Gasteiger partial charge in [-0.15, -0.1) is 13.2 Å². The lowest BCUT2D eigenvalue weighted by Crippen LogP contribution is -2.50. The van der Waals surface area contributed by atoms with Gasteiger partial charge < -0.3 is 19.7 Å². The summed E-state index contributed by atoms with van der Waals surface area (Å²) in [4.78, 5) is 26.3. The Morgan fingerprint density at radius 3 is 2.45 bits per heavy atom. The van der Waals surface area contributed by atoms with Gasteiger partial charge in [-0.05, 0) is 55.6 Å². The van der Waals surface area contributed by atoms with Crippen LogP contribution < -0.4 is 10.1 Å². The van der Waals surface area contributed by atoms with Crippen molar-refractivity contribution in [3.05, 3.63) is 29.8 Å². The molecule has 3 aliphatic rings. The minimum absolute atomic E-state index is 0.0987. The van der Waals surface area contributed by atoms with Crippen molar-refractivity contribution in [3.63, 3.8) is 0 Å². The number of likely N-dealkylation sites (tertiary alicyclic amines) is 1. The van der Waals surface area contributed by atoms with Crippen LogP contribution in [0.25, 0.3) is 0 Å². The van der Waals surface area contributed by atoms with Gasteiger partial charge in [0, 0.05) is 26.6 Å². The molecule has 1 aromatic carbocycles. The number of rotatable bonds is 6. The molecule has 1 saturated heterocycles. The van der Waals surface area contributed by atoms with Gasteiger partial charge in [-0.1, -0.05) is 12.1 Å². The Balaban J connectivity index is 1.45. The average Bonchev–Trinajstić information content (AvgIpc) is 3.42. The predicted molar refractivity (Wildman–Crippen MR) is 105 cm³/mol. The number of nitrogens with one attached hydrogen (secondary N) is 1. The first kappa shape index (κ1) is 21.9. The van der Waals surface area contributed by atoms with E-state index in [1.807, 2.05) is 0 Å². The normalized spacial score (nSPS) is 28.2. The highest BCUT2D eigenvalue weighted by atomic mass is 19.4. The zero-order valence-electron chi connectivity index (χ0n) is 17.4. The van der Waals surface area contributed by atoms with Crippen LogP contribution in [0.5, 0.6) is 5.75 Å². The predicted octanol–water partition coefficient (Wildman–Crippen LogP) is 3.37. The molecule has 3 fully saturated rings. The first-order valence-corrected chi connectivity index (χ1v) is 10.7. The first-order chi connectivity index (χ1) is 14.7. The lowest BCUT2D eigenvalue weighted by Gasteiger charge is -2.38. The summed E-state index contributed by atoms with van der Waals surface area (Å²) in [5.41, 5.74) is -0.0987. The molecule has 0 aromatic heterocycles. The second kappa shape index (κ2) is 8.68. The average molecular weight is 440 g/mol. The van der Waals surface area contributed by atoms with Crippen molar-refractivity contribution in [2.75, 3.05) is 19.7 Å². The SMILES string of the molecule is CC(=O)N[C@@H]1C[C@@H]2CN(C(=O)c3ccccc3OC(F)(F)F)C[C@@H]2C[C@H]1OCC1CC1. The quantitative estimate of drug-likeness (QED) is 0.737. The molecule has 170 valence electrons. The summed E-state index contributed by atoms with van der Waals surface area (Å²) in [7, 11) is 0. The third-order valence-corrected chi connectivity index (χ3v) is 6.38. The second-order valence-corrected chi connectivity index (χ2v) is 8.87. The van der Waals surface area contributed by atoms with E-state index in [9.17, 15) is 22.8 Å². The fourth-order valence-electron chi connectivity index (χ4n) is 4.75. The summed E-state index contributed by atoms with van der Waals surface area (Å²) in [6.45, 7) is 3.06. The highest BCUT2D eigenvalue weighted by Gasteiger charge is 2.45. The summed E-state index contributed by atoms with van der Waals surface area (Å²) in [5.74, 6) is -0.126. The Morgan fingerprint density at radius 2 is 1.81 bits per heavy atom. The fourth-order valence-corrected chi connectivity index (χ4v) is 4.75. The van der Waals surface area contributed by atoms with Crippen LogP contribution in [0.2, 0.25) is 0 Å². The van der Waals surface area contributed by atoms with Crippen LogP contribution in [-0.4, -0.2) is 54.9 Å². The molecule has 31 heavy (non-hydrogen) atoms. The van der Waals surface area contributed by atoms with Crippen LogP contribution in [0.15, 0.2) is 24.3 Å². The molecular formula is C22H27F3N2O4. The molecule has 0 radical (unpaired) electrons. The zero-order chi connectivity index (χ0) is 22.2. The number of hydrogen-bond donors (Lipinski definition) is 1. The molecule has 1 heterocycles. The fraction of sp³-hybridized carbons (Fsp3) is 0.636. The van der Waals surface area contributed by atoms with E-state index < -0.39 is 18.0 Å². The van der Waals surface area contributed by atoms with Crippen molar-refractivity contribution in [2.45, 2.75) is 51.1 Å². The van der Waals surface area contributed by atoms with Crippen molar-refractivity contribution in [3.8, 4) is 5.75 Å². The van der Waals surface area contributed by atoms with Crippen LogP contribution in [0.1, 0.15) is 43.0 Å². The monoisotopic (exact) mass is 440 g/mol. The van der Waals surface area contributed by atoms with Crippen molar-refractivity contribution in [1.82, 2.24) is 10.2 Å². The number of alkyl halides is 3. The number of ether oxygens (including phenoxy) is 2. The Hall–Kier alpha value is -2.29. The standard InChI is InChI=1S/C22H27F3N2O4/c1-13(28)26-18-8-15-10-27(11-16(15)9-20(18)30-12-14-6-7-14)21(29)17-4-2-3-5-19(17)31-22(23,24)25/h2-5,14-16,18,20H,6-12H2,1H3,(H,26,28)/t15-,16+,18-,20-/m1/s1. The van der Waals surface area contributed by atoms with Gasteiger partial charge in [-0.25, -0.2) is 0 Å². The van der Waals surface area contributed by atoms with Crippen molar-refractivity contribution < 1.29 is 32.2 Å². The number of hydrogen-bond acceptors (Lipinski definition) is 4. The van der Waals surface area contributed by atoms with Gasteiger partial charge in [0.15, 0.2) is 0 Å². The maximum Gasteiger partial charge on any atom is 0.573 e. The summed E-state index contributed by atoms with van der Waals surface area (Å²) in [5, 5.41) is 2.99. The Kier molecular flexibility index (Phi) is 6.14. The zero-order valence-corrected chi connectivity index (χ0v) is 17.4. The Bertz CT molecular complexity index is 827. The number of fused-ring (bicyclic) bond motifs is 1. The van der Waals surface area contributed by atoms with E-state index in [0.29, 0.717) is 38.5 Å². The van der Waals surface area contributed by atoms with Gasteiger partial charge in [0.1, 0.15) is 5.75 Å². The largest absolute Gasteiger partial charge is 0.573 e. The van der Waals surface area contributed by atoms with Gasteiger partial charge in [0.2, 0.25) is 5.91 Å². The highest BCUT2D eigenvalue weighted by Crippen LogP contribution is 2.40. The molecule has 2 saturated carbocycles. The van der Waals surface area contributed by atoms with Gasteiger partial charge in [0.25, 0.3) is 5.91 Å². The maximum absolute atomic E-state index is 13.0. The molecule has 0 unspecified atom stereocenters. The number of amides is 2. The van der Waals surface area contributed by atoms with Crippen LogP contribution in [0.4, 0.5) is 13.2 Å². The van der Waals surface area contributed by atoms with Gasteiger partial charge in [-0.3, -0.25) is 9.59 Å². The number of nitrogens with zero attached hydrogens (tertiary/aromatic N) is 1. The lowest BCUT2D eigenvalue weighted by atomic mass is 9.77. The lowest BCUT2D eigenvalue weighted by molar-refractivity contribution is -0.274. The molecule has 4 atom stereocenters. The van der Waals surface area contributed by atoms with E-state index in [1.165, 1.54) is 38.0 Å². The molecule has 6 nitrogen and oxygen atoms in total. The van der Waals surface area contributed by atoms with Crippen LogP contribution in [-0.2, 0) is 9.53 Å². The van der Waals surface area contributed by atoms with Gasteiger partial charge >= 0.3 is 6.36 Å². The minimum atomic E-state index is -4.87. The topological polar surface area (TPSA) is 67.9 Å². The first-order valence-electron chi connectivity index (χ1n) is 10.7. The number of carbonyl (C=O) groups is 2. The summed E-state index contributed by atoms with van der Waals surface area (Å²) >= 11 is 0. The Labute approximate surface area is 179 Å². The minimum Gasteiger partial charge on any atom is -0.405 e. The summed E-state index contributed by atoms with van der Waals surface area (Å²) in [6, 6.07) is 5.31. The third-order valence-electron chi connectivity index (χ3n) is 6.38. The van der Waals surface area contributed by atoms with E-state index in [-0.39, 0.29) is 35.5 Å². The number of benzene rings is 1. The van der Waals surface area contributed by atoms with E-state index >= 15 is 0 Å². The Morgan fingerprint density at radius 1 is 1.13 bits per heavy atom. The highest BCUT2D eigenvalue weighted by molar-refractivity contribution is 5.97. The van der Waals surface area contributed by atoms with Crippen molar-refractivity contribution >= 4 is 11.8 Å². The van der Waals surface area contributed by atoms with Crippen molar-refractivity contribution in [2.24, 2.45) is 17.8 Å². The molecule has 0 bridgehead atoms. The third kappa shape index (κ3) is 5.50. The molecule has 2 aliphatic carbocycles. The van der Waals surface area contributed by atoms with Gasteiger partial charge in [0.05, 0.1) is 17.7 Å². The molecular weight excluding hydrogens is 413 g/mol. The van der Waals surface area contributed by atoms with Gasteiger partial charge in [-0.2, -0.15) is 0 Å². The molecule has 4 rings (SSSR count). The van der Waals surface area contributed by atoms with E-state index in [2.05, 4.69) is 10.1 Å². The number of carbonyl (C=O) groups excluding carboxylic acids is 2. The van der Waals surface area contributed by atoms with E-state index in [1.54, 1.807) is 4.90 Å². The van der Waals surface area contributed by atoms with Crippen LogP contribution in [0, 0.1) is 17.8 Å². The second-order valence-electron chi connectivity index (χ2n) is 8.87. The summed E-state index contributed by atoms with van der Waals surface area (Å²) in [6.07, 6.45) is -1.23. The number of halogens is 3. The maximum atomic E-state index is 13.0. The van der Waals surface area contributed by atoms with E-state index in [0.717, 1.165) is 6.07 Å². The van der Waals surface area contributed by atoms with Crippen molar-refractivity contribution in [1.29, 1.82) is 0 Å². The molecule has 1 aliphatic heterocycles. The van der Waals surface area contributed by atoms with Crippen LogP contribution >= 0.6 is 0 Å². The smallest absolute Gasteiger partial charge is 0.405 e. The van der Waals surface area contributed by atoms with Crippen LogP contribution in [0.3, 0.4) is 0 Å². The number of para-hydroxylation sites is 1. The summed E-state index contributed by atoms with van der Waals surface area (Å²) < 4.78 is 48.4. The molecule has 2 amide bonds. The van der Waals surface area contributed by atoms with E-state index in [4.69, 9.17) is 4.74 Å². The molecule has 1 aromatic rings. The molecule has 9 heteroatoms.